The van der Waals surface area contributed by atoms with Gasteiger partial charge in [0.25, 0.3) is 5.91 Å². The van der Waals surface area contributed by atoms with Crippen LogP contribution in [0, 0.1) is 0 Å². The zero-order valence-corrected chi connectivity index (χ0v) is 19.5. The van der Waals surface area contributed by atoms with E-state index in [1.54, 1.807) is 23.7 Å². The fraction of sp³-hybridized carbons (Fsp3) is 0.217. The monoisotopic (exact) mass is 480 g/mol. The number of anilines is 1. The van der Waals surface area contributed by atoms with Crippen LogP contribution in [0.25, 0.3) is 20.7 Å². The van der Waals surface area contributed by atoms with E-state index in [0.29, 0.717) is 10.6 Å². The van der Waals surface area contributed by atoms with E-state index in [2.05, 4.69) is 15.3 Å². The number of thioether (sulfide) groups is 1. The van der Waals surface area contributed by atoms with Crippen molar-refractivity contribution < 1.29 is 9.59 Å². The van der Waals surface area contributed by atoms with Crippen LogP contribution < -0.4 is 11.1 Å². The van der Waals surface area contributed by atoms with Crippen molar-refractivity contribution in [3.05, 3.63) is 58.7 Å². The highest BCUT2D eigenvalue weighted by atomic mass is 32.2. The number of hydrogen-bond acceptors (Lipinski definition) is 7. The molecule has 0 unspecified atom stereocenters. The lowest BCUT2D eigenvalue weighted by atomic mass is 9.97. The summed E-state index contributed by atoms with van der Waals surface area (Å²) in [5.41, 5.74) is 8.20. The summed E-state index contributed by atoms with van der Waals surface area (Å²) >= 11 is 4.49. The number of aryl methyl sites for hydroxylation is 2. The molecule has 1 aromatic carbocycles. The number of thiophene rings is 2. The van der Waals surface area contributed by atoms with Gasteiger partial charge >= 0.3 is 0 Å². The predicted octanol–water partition coefficient (Wildman–Crippen LogP) is 5.13. The van der Waals surface area contributed by atoms with E-state index in [9.17, 15) is 9.59 Å². The number of aromatic nitrogens is 2. The van der Waals surface area contributed by atoms with Crippen LogP contribution >= 0.6 is 34.4 Å². The fourth-order valence-corrected chi connectivity index (χ4v) is 7.08. The third-order valence-corrected chi connectivity index (χ3v) is 8.65. The Labute approximate surface area is 197 Å². The molecule has 4 aromatic rings. The van der Waals surface area contributed by atoms with Crippen LogP contribution in [0.4, 0.5) is 5.00 Å². The van der Waals surface area contributed by atoms with Crippen molar-refractivity contribution in [2.75, 3.05) is 11.1 Å². The molecule has 2 amide bonds. The van der Waals surface area contributed by atoms with E-state index in [4.69, 9.17) is 5.73 Å². The number of benzene rings is 1. The zero-order valence-electron chi connectivity index (χ0n) is 17.1. The summed E-state index contributed by atoms with van der Waals surface area (Å²) in [6.07, 6.45) is 6.10. The maximum absolute atomic E-state index is 12.8. The number of nitrogens with one attached hydrogen (secondary N) is 1. The summed E-state index contributed by atoms with van der Waals surface area (Å²) in [7, 11) is 0. The highest BCUT2D eigenvalue weighted by Crippen LogP contribution is 2.39. The van der Waals surface area contributed by atoms with Crippen LogP contribution in [0.5, 0.6) is 0 Å². The molecule has 162 valence electrons. The second kappa shape index (κ2) is 9.01. The zero-order chi connectivity index (χ0) is 22.1. The highest BCUT2D eigenvalue weighted by molar-refractivity contribution is 8.00. The van der Waals surface area contributed by atoms with E-state index in [0.717, 1.165) is 38.5 Å². The lowest BCUT2D eigenvalue weighted by Gasteiger charge is -2.11. The Kier molecular flexibility index (Phi) is 5.95. The number of fused-ring (bicyclic) bond motifs is 3. The first-order valence-electron chi connectivity index (χ1n) is 10.3. The number of nitrogens with two attached hydrogens (primary N) is 1. The normalized spacial score (nSPS) is 13.1. The van der Waals surface area contributed by atoms with Crippen LogP contribution in [-0.4, -0.2) is 27.5 Å². The molecule has 6 nitrogen and oxygen atoms in total. The molecule has 9 heteroatoms. The van der Waals surface area contributed by atoms with Gasteiger partial charge in [-0.2, -0.15) is 0 Å². The van der Waals surface area contributed by atoms with Gasteiger partial charge in [-0.25, -0.2) is 9.97 Å². The number of primary amides is 1. The lowest BCUT2D eigenvalue weighted by molar-refractivity contribution is -0.113. The van der Waals surface area contributed by atoms with Crippen molar-refractivity contribution in [1.29, 1.82) is 0 Å². The van der Waals surface area contributed by atoms with Gasteiger partial charge in [0.05, 0.1) is 11.3 Å². The third-order valence-electron chi connectivity index (χ3n) is 5.37. The Morgan fingerprint density at radius 3 is 2.72 bits per heavy atom. The molecule has 1 aliphatic carbocycles. The first-order valence-corrected chi connectivity index (χ1v) is 12.9. The van der Waals surface area contributed by atoms with Gasteiger partial charge in [-0.15, -0.1) is 22.7 Å². The molecule has 0 fully saturated rings. The second-order valence-electron chi connectivity index (χ2n) is 7.49. The molecule has 3 aromatic heterocycles. The Hall–Kier alpha value is -2.75. The maximum atomic E-state index is 12.8. The molecule has 3 heterocycles. The molecule has 0 saturated carbocycles. The third kappa shape index (κ3) is 4.15. The first kappa shape index (κ1) is 21.1. The van der Waals surface area contributed by atoms with Crippen LogP contribution in [-0.2, 0) is 17.6 Å². The minimum absolute atomic E-state index is 0.188. The molecule has 5 rings (SSSR count). The Morgan fingerprint density at radius 2 is 1.91 bits per heavy atom. The average Bonchev–Trinajstić information content (AvgIpc) is 3.40. The minimum atomic E-state index is -0.561. The molecule has 1 aliphatic rings. The molecule has 0 bridgehead atoms. The molecular formula is C23H20N4O2S3. The molecule has 0 atom stereocenters. The summed E-state index contributed by atoms with van der Waals surface area (Å²) in [5.74, 6) is -0.573. The Morgan fingerprint density at radius 1 is 1.09 bits per heavy atom. The maximum Gasteiger partial charge on any atom is 0.251 e. The van der Waals surface area contributed by atoms with Gasteiger partial charge in [-0.05, 0) is 42.9 Å². The van der Waals surface area contributed by atoms with E-state index >= 15 is 0 Å². The number of nitrogens with zero attached hydrogens (tertiary/aromatic N) is 2. The molecule has 0 aliphatic heterocycles. The molecule has 0 spiro atoms. The van der Waals surface area contributed by atoms with E-state index < -0.39 is 5.91 Å². The van der Waals surface area contributed by atoms with Gasteiger partial charge in [-0.1, -0.05) is 42.1 Å². The van der Waals surface area contributed by atoms with Crippen molar-refractivity contribution >= 4 is 61.5 Å². The van der Waals surface area contributed by atoms with E-state index in [-0.39, 0.29) is 11.7 Å². The van der Waals surface area contributed by atoms with Gasteiger partial charge in [0.1, 0.15) is 21.2 Å². The van der Waals surface area contributed by atoms with E-state index in [1.807, 2.05) is 30.3 Å². The minimum Gasteiger partial charge on any atom is -0.366 e. The van der Waals surface area contributed by atoms with Gasteiger partial charge in [0.15, 0.2) is 0 Å². The van der Waals surface area contributed by atoms with Gasteiger partial charge in [0, 0.05) is 15.1 Å². The Bertz CT molecular complexity index is 1310. The molecule has 32 heavy (non-hydrogen) atoms. The summed E-state index contributed by atoms with van der Waals surface area (Å²) in [6, 6.07) is 11.4. The average molecular weight is 481 g/mol. The molecule has 3 N–H and O–H groups in total. The van der Waals surface area contributed by atoms with Gasteiger partial charge in [0.2, 0.25) is 5.91 Å². The number of amides is 2. The lowest BCUT2D eigenvalue weighted by Crippen LogP contribution is -2.17. The summed E-state index contributed by atoms with van der Waals surface area (Å²) in [5, 5.41) is 5.29. The van der Waals surface area contributed by atoms with Crippen molar-refractivity contribution in [2.45, 2.75) is 30.7 Å². The van der Waals surface area contributed by atoms with Crippen LogP contribution in [0.2, 0.25) is 0 Å². The molecule has 0 radical (unpaired) electrons. The van der Waals surface area contributed by atoms with Crippen molar-refractivity contribution in [1.82, 2.24) is 9.97 Å². The summed E-state index contributed by atoms with van der Waals surface area (Å²) in [6.45, 7) is 0. The fourth-order valence-electron chi connectivity index (χ4n) is 3.88. The molecular weight excluding hydrogens is 460 g/mol. The second-order valence-corrected chi connectivity index (χ2v) is 10.6. The quantitative estimate of drug-likeness (QED) is 0.295. The molecule has 0 saturated heterocycles. The Balaban J connectivity index is 1.34. The van der Waals surface area contributed by atoms with Crippen LogP contribution in [0.15, 0.2) is 47.8 Å². The highest BCUT2D eigenvalue weighted by Gasteiger charge is 2.21. The van der Waals surface area contributed by atoms with Gasteiger partial charge < -0.3 is 11.1 Å². The largest absolute Gasteiger partial charge is 0.366 e. The standard InChI is InChI=1S/C23H20N4O2S3/c24-20(29)15-10-17(13-6-2-1-3-7-13)32-21(15)27-18(28)11-30-22-19-14-8-4-5-9-16(14)31-23(19)26-12-25-22/h1-3,6-7,10,12H,4-5,8-9,11H2,(H2,24,29)(H,27,28). The van der Waals surface area contributed by atoms with Crippen molar-refractivity contribution in [3.63, 3.8) is 0 Å². The number of carbonyl (C=O) groups excluding carboxylic acids is 2. The van der Waals surface area contributed by atoms with Crippen LogP contribution in [0.1, 0.15) is 33.6 Å². The summed E-state index contributed by atoms with van der Waals surface area (Å²) < 4.78 is 0. The van der Waals surface area contributed by atoms with Crippen LogP contribution in [0.3, 0.4) is 0 Å². The number of rotatable bonds is 6. The number of hydrogen-bond donors (Lipinski definition) is 2. The SMILES string of the molecule is NC(=O)c1cc(-c2ccccc2)sc1NC(=O)CSc1ncnc2sc3c(c12)CCCC3. The summed E-state index contributed by atoms with van der Waals surface area (Å²) in [4.78, 5) is 36.9. The van der Waals surface area contributed by atoms with Crippen molar-refractivity contribution in [3.8, 4) is 10.4 Å². The van der Waals surface area contributed by atoms with Gasteiger partial charge in [-0.3, -0.25) is 9.59 Å². The van der Waals surface area contributed by atoms with E-state index in [1.165, 1.54) is 46.4 Å². The van der Waals surface area contributed by atoms with Crippen molar-refractivity contribution in [2.24, 2.45) is 5.73 Å². The topological polar surface area (TPSA) is 98.0 Å². The smallest absolute Gasteiger partial charge is 0.251 e. The first-order chi connectivity index (χ1) is 15.6. The number of carbonyl (C=O) groups is 2. The predicted molar refractivity (Wildman–Crippen MR) is 132 cm³/mol.